The van der Waals surface area contributed by atoms with Gasteiger partial charge in [-0.2, -0.15) is 0 Å². The molecule has 2 N–H and O–H groups in total. The summed E-state index contributed by atoms with van der Waals surface area (Å²) in [4.78, 5) is 17.4. The molecule has 1 amide bonds. The summed E-state index contributed by atoms with van der Waals surface area (Å²) in [6, 6.07) is 7.57. The van der Waals surface area contributed by atoms with Crippen LogP contribution in [-0.2, 0) is 11.3 Å². The molecular weight excluding hydrogens is 258 g/mol. The summed E-state index contributed by atoms with van der Waals surface area (Å²) in [5.41, 5.74) is 7.56. The third kappa shape index (κ3) is 2.20. The topological polar surface area (TPSA) is 77.7 Å². The molecule has 1 aromatic heterocycles. The number of pyridine rings is 1. The number of hydrogen-bond acceptors (Lipinski definition) is 5. The van der Waals surface area contributed by atoms with Gasteiger partial charge in [-0.05, 0) is 18.2 Å². The lowest BCUT2D eigenvalue weighted by molar-refractivity contribution is 0.157. The maximum atomic E-state index is 11.5. The Morgan fingerprint density at radius 1 is 1.45 bits per heavy atom. The fourth-order valence-electron chi connectivity index (χ4n) is 2.23. The number of nitrogen functional groups attached to an aromatic ring is 1. The van der Waals surface area contributed by atoms with Gasteiger partial charge in [-0.25, -0.2) is 9.78 Å². The van der Waals surface area contributed by atoms with Crippen LogP contribution >= 0.6 is 0 Å². The summed E-state index contributed by atoms with van der Waals surface area (Å²) < 4.78 is 10.1. The molecule has 3 rings (SSSR count). The first-order valence-corrected chi connectivity index (χ1v) is 6.32. The third-order valence-electron chi connectivity index (χ3n) is 3.34. The first kappa shape index (κ1) is 12.5. The SMILES string of the molecule is COc1ccc2cc(CN3CCOC3=O)c(N)nc2c1. The van der Waals surface area contributed by atoms with Crippen molar-refractivity contribution in [1.29, 1.82) is 0 Å². The van der Waals surface area contributed by atoms with E-state index in [1.807, 2.05) is 24.3 Å². The van der Waals surface area contributed by atoms with Crippen molar-refractivity contribution in [2.24, 2.45) is 0 Å². The van der Waals surface area contributed by atoms with Gasteiger partial charge in [0.15, 0.2) is 0 Å². The second-order valence-corrected chi connectivity index (χ2v) is 4.63. The van der Waals surface area contributed by atoms with E-state index < -0.39 is 0 Å². The van der Waals surface area contributed by atoms with Gasteiger partial charge in [-0.1, -0.05) is 0 Å². The third-order valence-corrected chi connectivity index (χ3v) is 3.34. The second-order valence-electron chi connectivity index (χ2n) is 4.63. The largest absolute Gasteiger partial charge is 0.497 e. The zero-order valence-electron chi connectivity index (χ0n) is 11.1. The van der Waals surface area contributed by atoms with Crippen LogP contribution in [0.1, 0.15) is 5.56 Å². The van der Waals surface area contributed by atoms with E-state index in [2.05, 4.69) is 4.98 Å². The highest BCUT2D eigenvalue weighted by molar-refractivity contribution is 5.83. The molecule has 2 heterocycles. The van der Waals surface area contributed by atoms with Crippen LogP contribution in [0.3, 0.4) is 0 Å². The van der Waals surface area contributed by atoms with Crippen molar-refractivity contribution in [3.63, 3.8) is 0 Å². The molecule has 0 aliphatic carbocycles. The molecular formula is C14H15N3O3. The minimum Gasteiger partial charge on any atom is -0.497 e. The standard InChI is InChI=1S/C14H15N3O3/c1-19-11-3-2-9-6-10(13(15)16-12(9)7-11)8-17-4-5-20-14(17)18/h2-3,6-7H,4-5,8H2,1H3,(H2,15,16). The maximum Gasteiger partial charge on any atom is 0.410 e. The Morgan fingerprint density at radius 2 is 2.30 bits per heavy atom. The number of rotatable bonds is 3. The molecule has 1 fully saturated rings. The zero-order valence-corrected chi connectivity index (χ0v) is 11.1. The minimum atomic E-state index is -0.306. The quantitative estimate of drug-likeness (QED) is 0.922. The first-order valence-electron chi connectivity index (χ1n) is 6.32. The van der Waals surface area contributed by atoms with Gasteiger partial charge in [0.1, 0.15) is 18.2 Å². The lowest BCUT2D eigenvalue weighted by atomic mass is 10.1. The Balaban J connectivity index is 1.95. The average molecular weight is 273 g/mol. The Kier molecular flexibility index (Phi) is 3.06. The maximum absolute atomic E-state index is 11.5. The second kappa shape index (κ2) is 4.88. The predicted molar refractivity (Wildman–Crippen MR) is 74.5 cm³/mol. The molecule has 6 heteroatoms. The zero-order chi connectivity index (χ0) is 14.1. The molecule has 1 aliphatic rings. The highest BCUT2D eigenvalue weighted by Crippen LogP contribution is 2.24. The summed E-state index contributed by atoms with van der Waals surface area (Å²) in [6.07, 6.45) is -0.306. The fourth-order valence-corrected chi connectivity index (χ4v) is 2.23. The van der Waals surface area contributed by atoms with Crippen molar-refractivity contribution in [2.45, 2.75) is 6.54 Å². The fraction of sp³-hybridized carbons (Fsp3) is 0.286. The van der Waals surface area contributed by atoms with Crippen molar-refractivity contribution in [3.8, 4) is 5.75 Å². The van der Waals surface area contributed by atoms with E-state index in [0.717, 1.165) is 22.2 Å². The van der Waals surface area contributed by atoms with Crippen molar-refractivity contribution in [2.75, 3.05) is 26.0 Å². The molecule has 2 aromatic rings. The van der Waals surface area contributed by atoms with Crippen molar-refractivity contribution < 1.29 is 14.3 Å². The number of carbonyl (C=O) groups is 1. The lowest BCUT2D eigenvalue weighted by Gasteiger charge is -2.14. The van der Waals surface area contributed by atoms with E-state index in [0.29, 0.717) is 25.5 Å². The molecule has 20 heavy (non-hydrogen) atoms. The van der Waals surface area contributed by atoms with E-state index in [4.69, 9.17) is 15.2 Å². The van der Waals surface area contributed by atoms with Gasteiger partial charge in [0, 0.05) is 17.0 Å². The van der Waals surface area contributed by atoms with Crippen LogP contribution in [0.15, 0.2) is 24.3 Å². The molecule has 6 nitrogen and oxygen atoms in total. The Morgan fingerprint density at radius 3 is 3.00 bits per heavy atom. The lowest BCUT2D eigenvalue weighted by Crippen LogP contribution is -2.24. The van der Waals surface area contributed by atoms with Crippen LogP contribution in [0.25, 0.3) is 10.9 Å². The smallest absolute Gasteiger partial charge is 0.410 e. The van der Waals surface area contributed by atoms with Crippen LogP contribution in [0, 0.1) is 0 Å². The number of carbonyl (C=O) groups excluding carboxylic acids is 1. The number of amides is 1. The first-order chi connectivity index (χ1) is 9.67. The molecule has 0 saturated carbocycles. The number of hydrogen-bond donors (Lipinski definition) is 1. The van der Waals surface area contributed by atoms with Crippen LogP contribution in [0.2, 0.25) is 0 Å². The molecule has 0 radical (unpaired) electrons. The summed E-state index contributed by atoms with van der Waals surface area (Å²) in [7, 11) is 1.61. The van der Waals surface area contributed by atoms with E-state index in [-0.39, 0.29) is 6.09 Å². The summed E-state index contributed by atoms with van der Waals surface area (Å²) in [5.74, 6) is 1.16. The van der Waals surface area contributed by atoms with Crippen LogP contribution < -0.4 is 10.5 Å². The Bertz CT molecular complexity index is 672. The number of nitrogens with two attached hydrogens (primary N) is 1. The highest BCUT2D eigenvalue weighted by atomic mass is 16.6. The van der Waals surface area contributed by atoms with Crippen molar-refractivity contribution >= 4 is 22.8 Å². The number of benzene rings is 1. The monoisotopic (exact) mass is 273 g/mol. The Labute approximate surface area is 116 Å². The van der Waals surface area contributed by atoms with Gasteiger partial charge in [-0.3, -0.25) is 0 Å². The number of aromatic nitrogens is 1. The van der Waals surface area contributed by atoms with Gasteiger partial charge in [0.05, 0.1) is 25.7 Å². The summed E-state index contributed by atoms with van der Waals surface area (Å²) in [5, 5.41) is 0.961. The van der Waals surface area contributed by atoms with E-state index in [1.165, 1.54) is 0 Å². The summed E-state index contributed by atoms with van der Waals surface area (Å²) in [6.45, 7) is 1.43. The van der Waals surface area contributed by atoms with E-state index in [9.17, 15) is 4.79 Å². The molecule has 104 valence electrons. The van der Waals surface area contributed by atoms with E-state index in [1.54, 1.807) is 12.0 Å². The number of nitrogens with zero attached hydrogens (tertiary/aromatic N) is 2. The Hall–Kier alpha value is -2.50. The number of anilines is 1. The average Bonchev–Trinajstić information content (AvgIpc) is 2.84. The minimum absolute atomic E-state index is 0.306. The number of ether oxygens (including phenoxy) is 2. The number of cyclic esters (lactones) is 1. The molecule has 1 saturated heterocycles. The number of methoxy groups -OCH3 is 1. The van der Waals surface area contributed by atoms with Gasteiger partial charge >= 0.3 is 6.09 Å². The van der Waals surface area contributed by atoms with Crippen LogP contribution in [0.4, 0.5) is 10.6 Å². The van der Waals surface area contributed by atoms with Gasteiger partial charge < -0.3 is 20.1 Å². The summed E-state index contributed by atoms with van der Waals surface area (Å²) >= 11 is 0. The van der Waals surface area contributed by atoms with Crippen LogP contribution in [-0.4, -0.2) is 36.2 Å². The molecule has 0 spiro atoms. The molecule has 0 atom stereocenters. The number of fused-ring (bicyclic) bond motifs is 1. The predicted octanol–water partition coefficient (Wildman–Crippen LogP) is 1.78. The van der Waals surface area contributed by atoms with Gasteiger partial charge in [0.25, 0.3) is 0 Å². The van der Waals surface area contributed by atoms with Gasteiger partial charge in [-0.15, -0.1) is 0 Å². The molecule has 0 bridgehead atoms. The van der Waals surface area contributed by atoms with E-state index >= 15 is 0 Å². The normalized spacial score (nSPS) is 14.7. The van der Waals surface area contributed by atoms with Gasteiger partial charge in [0.2, 0.25) is 0 Å². The van der Waals surface area contributed by atoms with Crippen molar-refractivity contribution in [1.82, 2.24) is 9.88 Å². The highest BCUT2D eigenvalue weighted by Gasteiger charge is 2.22. The molecule has 0 unspecified atom stereocenters. The van der Waals surface area contributed by atoms with Crippen molar-refractivity contribution in [3.05, 3.63) is 29.8 Å². The molecule has 1 aliphatic heterocycles. The molecule has 1 aromatic carbocycles. The van der Waals surface area contributed by atoms with Crippen LogP contribution in [0.5, 0.6) is 5.75 Å².